The van der Waals surface area contributed by atoms with Crippen molar-refractivity contribution in [2.24, 2.45) is 11.8 Å². The maximum Gasteiger partial charge on any atom is 0.304 e. The van der Waals surface area contributed by atoms with Crippen LogP contribution in [0.4, 0.5) is 0 Å². The van der Waals surface area contributed by atoms with Gasteiger partial charge < -0.3 is 10.0 Å². The fraction of sp³-hybridized carbons (Fsp3) is 0.833. The molecule has 1 N–H and O–H groups in total. The van der Waals surface area contributed by atoms with E-state index in [9.17, 15) is 9.59 Å². The van der Waals surface area contributed by atoms with Gasteiger partial charge >= 0.3 is 5.97 Å². The monoisotopic (exact) mass is 259 g/mol. The van der Waals surface area contributed by atoms with Crippen LogP contribution in [0.3, 0.4) is 0 Å². The molecule has 1 fully saturated rings. The van der Waals surface area contributed by atoms with E-state index >= 15 is 0 Å². The minimum absolute atomic E-state index is 0.130. The summed E-state index contributed by atoms with van der Waals surface area (Å²) >= 11 is 1.41. The van der Waals surface area contributed by atoms with Gasteiger partial charge in [0.25, 0.3) is 0 Å². The Morgan fingerprint density at radius 2 is 1.88 bits per heavy atom. The fourth-order valence-corrected chi connectivity index (χ4v) is 3.10. The van der Waals surface area contributed by atoms with Crippen molar-refractivity contribution in [3.63, 3.8) is 0 Å². The number of amides is 1. The van der Waals surface area contributed by atoms with Gasteiger partial charge in [-0.1, -0.05) is 13.8 Å². The molecule has 2 unspecified atom stereocenters. The van der Waals surface area contributed by atoms with Crippen molar-refractivity contribution in [1.29, 1.82) is 0 Å². The molecule has 0 aromatic rings. The summed E-state index contributed by atoms with van der Waals surface area (Å²) in [5, 5.41) is 8.49. The Morgan fingerprint density at radius 1 is 1.29 bits per heavy atom. The number of rotatable bonds is 5. The maximum absolute atomic E-state index is 11.9. The summed E-state index contributed by atoms with van der Waals surface area (Å²) in [5.41, 5.74) is 0. The van der Waals surface area contributed by atoms with E-state index in [4.69, 9.17) is 5.11 Å². The summed E-state index contributed by atoms with van der Waals surface area (Å²) in [6, 6.07) is 0. The second-order valence-corrected chi connectivity index (χ2v) is 6.05. The summed E-state index contributed by atoms with van der Waals surface area (Å²) in [7, 11) is 0. The molecule has 1 saturated heterocycles. The van der Waals surface area contributed by atoms with Crippen molar-refractivity contribution < 1.29 is 14.7 Å². The van der Waals surface area contributed by atoms with Crippen molar-refractivity contribution in [2.45, 2.75) is 26.7 Å². The van der Waals surface area contributed by atoms with Gasteiger partial charge in [0.15, 0.2) is 0 Å². The molecule has 17 heavy (non-hydrogen) atoms. The number of carbonyl (C=O) groups is 2. The SMILES string of the molecule is CC1CC(C)CN(C(=O)CSCCC(=O)O)C1. The third-order valence-electron chi connectivity index (χ3n) is 2.91. The molecule has 2 atom stereocenters. The smallest absolute Gasteiger partial charge is 0.304 e. The van der Waals surface area contributed by atoms with E-state index < -0.39 is 5.97 Å². The number of hydrogen-bond donors (Lipinski definition) is 1. The number of nitrogens with zero attached hydrogens (tertiary/aromatic N) is 1. The lowest BCUT2D eigenvalue weighted by Crippen LogP contribution is -2.43. The average molecular weight is 259 g/mol. The van der Waals surface area contributed by atoms with Crippen LogP contribution in [0, 0.1) is 11.8 Å². The molecule has 0 aromatic carbocycles. The summed E-state index contributed by atoms with van der Waals surface area (Å²) in [4.78, 5) is 24.1. The molecule has 0 aromatic heterocycles. The van der Waals surface area contributed by atoms with Gasteiger partial charge in [0.05, 0.1) is 12.2 Å². The highest BCUT2D eigenvalue weighted by atomic mass is 32.2. The zero-order chi connectivity index (χ0) is 12.8. The zero-order valence-electron chi connectivity index (χ0n) is 10.5. The number of aliphatic carboxylic acids is 1. The lowest BCUT2D eigenvalue weighted by Gasteiger charge is -2.35. The standard InChI is InChI=1S/C12H21NO3S/c1-9-5-10(2)7-13(6-9)11(14)8-17-4-3-12(15)16/h9-10H,3-8H2,1-2H3,(H,15,16). The number of likely N-dealkylation sites (tertiary alicyclic amines) is 1. The average Bonchev–Trinajstić information content (AvgIpc) is 2.22. The Hall–Kier alpha value is -0.710. The predicted octanol–water partition coefficient (Wildman–Crippen LogP) is 1.70. The largest absolute Gasteiger partial charge is 0.481 e. The Balaban J connectivity index is 2.24. The first-order chi connectivity index (χ1) is 7.99. The van der Waals surface area contributed by atoms with Gasteiger partial charge in [-0.2, -0.15) is 11.8 Å². The molecule has 0 spiro atoms. The number of carboxylic acid groups (broad SMARTS) is 1. The number of thioether (sulfide) groups is 1. The van der Waals surface area contributed by atoms with Gasteiger partial charge in [-0.05, 0) is 18.3 Å². The van der Waals surface area contributed by atoms with Crippen molar-refractivity contribution in [1.82, 2.24) is 4.90 Å². The third-order valence-corrected chi connectivity index (χ3v) is 3.85. The number of carbonyl (C=O) groups excluding carboxylic acids is 1. The molecule has 98 valence electrons. The highest BCUT2D eigenvalue weighted by Crippen LogP contribution is 2.21. The van der Waals surface area contributed by atoms with Crippen LogP contribution in [-0.2, 0) is 9.59 Å². The summed E-state index contributed by atoms with van der Waals surface area (Å²) in [6.07, 6.45) is 1.32. The molecule has 1 amide bonds. The first-order valence-electron chi connectivity index (χ1n) is 6.06. The fourth-order valence-electron chi connectivity index (χ4n) is 2.28. The topological polar surface area (TPSA) is 57.6 Å². The van der Waals surface area contributed by atoms with E-state index in [1.54, 1.807) is 0 Å². The summed E-state index contributed by atoms with van der Waals surface area (Å²) in [6.45, 7) is 6.05. The van der Waals surface area contributed by atoms with Crippen LogP contribution >= 0.6 is 11.8 Å². The molecule has 5 heteroatoms. The second kappa shape index (κ2) is 6.89. The Kier molecular flexibility index (Phi) is 5.82. The Labute approximate surface area is 107 Å². The molecule has 0 aliphatic carbocycles. The molecule has 4 nitrogen and oxygen atoms in total. The quantitative estimate of drug-likeness (QED) is 0.763. The van der Waals surface area contributed by atoms with E-state index in [1.807, 2.05) is 4.90 Å². The van der Waals surface area contributed by atoms with Crippen molar-refractivity contribution >= 4 is 23.6 Å². The lowest BCUT2D eigenvalue weighted by atomic mass is 9.92. The second-order valence-electron chi connectivity index (χ2n) is 4.94. The first kappa shape index (κ1) is 14.4. The molecular formula is C12H21NO3S. The predicted molar refractivity (Wildman–Crippen MR) is 69.1 cm³/mol. The van der Waals surface area contributed by atoms with Crippen molar-refractivity contribution in [3.05, 3.63) is 0 Å². The van der Waals surface area contributed by atoms with Crippen LogP contribution in [0.15, 0.2) is 0 Å². The number of piperidine rings is 1. The highest BCUT2D eigenvalue weighted by molar-refractivity contribution is 7.99. The Morgan fingerprint density at radius 3 is 2.41 bits per heavy atom. The summed E-state index contributed by atoms with van der Waals surface area (Å²) < 4.78 is 0. The molecule has 1 rings (SSSR count). The minimum atomic E-state index is -0.801. The lowest BCUT2D eigenvalue weighted by molar-refractivity contribution is -0.136. The van der Waals surface area contributed by atoms with E-state index in [2.05, 4.69) is 13.8 Å². The van der Waals surface area contributed by atoms with Gasteiger partial charge in [0.1, 0.15) is 0 Å². The van der Waals surface area contributed by atoms with E-state index in [1.165, 1.54) is 18.2 Å². The van der Waals surface area contributed by atoms with Crippen LogP contribution in [0.2, 0.25) is 0 Å². The highest BCUT2D eigenvalue weighted by Gasteiger charge is 2.24. The molecule has 1 heterocycles. The molecule has 0 bridgehead atoms. The number of hydrogen-bond acceptors (Lipinski definition) is 3. The van der Waals surface area contributed by atoms with Gasteiger partial charge in [-0.25, -0.2) is 0 Å². The van der Waals surface area contributed by atoms with Gasteiger partial charge in [-0.15, -0.1) is 0 Å². The summed E-state index contributed by atoms with van der Waals surface area (Å²) in [5.74, 6) is 1.43. The van der Waals surface area contributed by atoms with E-state index in [0.29, 0.717) is 23.3 Å². The zero-order valence-corrected chi connectivity index (χ0v) is 11.3. The normalized spacial score (nSPS) is 24.7. The first-order valence-corrected chi connectivity index (χ1v) is 7.21. The van der Waals surface area contributed by atoms with Crippen LogP contribution in [0.1, 0.15) is 26.7 Å². The van der Waals surface area contributed by atoms with Crippen molar-refractivity contribution in [2.75, 3.05) is 24.6 Å². The molecule has 1 aliphatic heterocycles. The van der Waals surface area contributed by atoms with E-state index in [0.717, 1.165) is 13.1 Å². The number of carboxylic acids is 1. The van der Waals surface area contributed by atoms with Gasteiger partial charge in [-0.3, -0.25) is 9.59 Å². The molecular weight excluding hydrogens is 238 g/mol. The van der Waals surface area contributed by atoms with E-state index in [-0.39, 0.29) is 12.3 Å². The van der Waals surface area contributed by atoms with Gasteiger partial charge in [0, 0.05) is 18.8 Å². The van der Waals surface area contributed by atoms with Crippen LogP contribution < -0.4 is 0 Å². The van der Waals surface area contributed by atoms with Crippen molar-refractivity contribution in [3.8, 4) is 0 Å². The third kappa shape index (κ3) is 5.44. The maximum atomic E-state index is 11.9. The molecule has 0 saturated carbocycles. The van der Waals surface area contributed by atoms with Crippen LogP contribution in [0.5, 0.6) is 0 Å². The van der Waals surface area contributed by atoms with Gasteiger partial charge in [0.2, 0.25) is 5.91 Å². The molecule has 1 aliphatic rings. The minimum Gasteiger partial charge on any atom is -0.481 e. The Bertz CT molecular complexity index is 273. The van der Waals surface area contributed by atoms with Crippen LogP contribution in [-0.4, -0.2) is 46.5 Å². The van der Waals surface area contributed by atoms with Crippen LogP contribution in [0.25, 0.3) is 0 Å². The molecule has 0 radical (unpaired) electrons.